The summed E-state index contributed by atoms with van der Waals surface area (Å²) in [4.78, 5) is 29.7. The maximum absolute atomic E-state index is 12.8. The van der Waals surface area contributed by atoms with E-state index in [2.05, 4.69) is 22.5 Å². The molecule has 2 N–H and O–H groups in total. The number of ether oxygens (including phenoxy) is 1. The van der Waals surface area contributed by atoms with Gasteiger partial charge in [0, 0.05) is 19.6 Å². The Kier molecular flexibility index (Phi) is 6.68. The van der Waals surface area contributed by atoms with Gasteiger partial charge >= 0.3 is 0 Å². The van der Waals surface area contributed by atoms with E-state index in [0.29, 0.717) is 24.6 Å². The number of carbonyl (C=O) groups is 2. The van der Waals surface area contributed by atoms with Crippen molar-refractivity contribution in [2.75, 3.05) is 13.7 Å². The summed E-state index contributed by atoms with van der Waals surface area (Å²) in [7, 11) is 1.62. The first-order valence-corrected chi connectivity index (χ1v) is 9.92. The lowest BCUT2D eigenvalue weighted by Gasteiger charge is -2.17. The highest BCUT2D eigenvalue weighted by molar-refractivity contribution is 5.97. The Morgan fingerprint density at radius 3 is 2.64 bits per heavy atom. The second-order valence-electron chi connectivity index (χ2n) is 6.98. The first-order chi connectivity index (χ1) is 13.6. The van der Waals surface area contributed by atoms with Crippen molar-refractivity contribution in [1.82, 2.24) is 20.2 Å². The van der Waals surface area contributed by atoms with Crippen LogP contribution in [-0.2, 0) is 19.5 Å². The van der Waals surface area contributed by atoms with Crippen molar-refractivity contribution < 1.29 is 14.3 Å². The van der Waals surface area contributed by atoms with E-state index in [0.717, 1.165) is 55.7 Å². The Bertz CT molecular complexity index is 827. The molecule has 1 aromatic heterocycles. The number of fused-ring (bicyclic) bond motifs is 1. The number of unbranched alkanes of at least 4 members (excludes halogenated alkanes) is 1. The van der Waals surface area contributed by atoms with Crippen LogP contribution in [0.1, 0.15) is 65.0 Å². The third-order valence-corrected chi connectivity index (χ3v) is 4.96. The quantitative estimate of drug-likeness (QED) is 0.685. The molecule has 7 heteroatoms. The first-order valence-electron chi connectivity index (χ1n) is 9.92. The summed E-state index contributed by atoms with van der Waals surface area (Å²) in [6, 6.07) is 7.54. The molecule has 0 saturated heterocycles. The second kappa shape index (κ2) is 9.39. The third-order valence-electron chi connectivity index (χ3n) is 4.96. The molecule has 2 aromatic rings. The fourth-order valence-electron chi connectivity index (χ4n) is 3.37. The summed E-state index contributed by atoms with van der Waals surface area (Å²) in [5.74, 6) is 0.653. The van der Waals surface area contributed by atoms with Crippen LogP contribution in [0.3, 0.4) is 0 Å². The van der Waals surface area contributed by atoms with E-state index in [9.17, 15) is 9.59 Å². The molecule has 0 unspecified atom stereocenters. The number of aromatic nitrogens is 2. The average molecular weight is 384 g/mol. The van der Waals surface area contributed by atoms with E-state index in [1.807, 2.05) is 28.8 Å². The van der Waals surface area contributed by atoms with Crippen molar-refractivity contribution in [3.63, 3.8) is 0 Å². The van der Waals surface area contributed by atoms with Gasteiger partial charge in [-0.3, -0.25) is 9.59 Å². The van der Waals surface area contributed by atoms with Gasteiger partial charge in [0.2, 0.25) is 0 Å². The molecule has 0 atom stereocenters. The lowest BCUT2D eigenvalue weighted by Crippen LogP contribution is -2.27. The molecule has 0 aliphatic carbocycles. The minimum absolute atomic E-state index is 0.187. The summed E-state index contributed by atoms with van der Waals surface area (Å²) in [6.07, 6.45) is 4.71. The number of methoxy groups -OCH3 is 1. The van der Waals surface area contributed by atoms with Crippen molar-refractivity contribution in [2.24, 2.45) is 0 Å². The van der Waals surface area contributed by atoms with E-state index in [-0.39, 0.29) is 11.8 Å². The molecule has 0 fully saturated rings. The second-order valence-corrected chi connectivity index (χ2v) is 6.98. The van der Waals surface area contributed by atoms with Gasteiger partial charge in [-0.1, -0.05) is 25.5 Å². The van der Waals surface area contributed by atoms with Gasteiger partial charge in [0.15, 0.2) is 5.82 Å². The van der Waals surface area contributed by atoms with Crippen LogP contribution in [0, 0.1) is 0 Å². The van der Waals surface area contributed by atoms with Crippen LogP contribution in [0.2, 0.25) is 0 Å². The van der Waals surface area contributed by atoms with Gasteiger partial charge in [-0.05, 0) is 43.4 Å². The van der Waals surface area contributed by atoms with Gasteiger partial charge in [0.1, 0.15) is 11.4 Å². The fourth-order valence-corrected chi connectivity index (χ4v) is 3.37. The van der Waals surface area contributed by atoms with E-state index < -0.39 is 0 Å². The lowest BCUT2D eigenvalue weighted by molar-refractivity contribution is 0.0935. The molecule has 150 valence electrons. The molecule has 1 aromatic carbocycles. The predicted molar refractivity (Wildman–Crippen MR) is 107 cm³/mol. The molecule has 1 aliphatic heterocycles. The standard InChI is InChI=1S/C21H28N4O3/c1-3-4-12-22-20(26)18-17-7-5-6-13-25(17)19(24-18)21(27)23-14-15-8-10-16(28-2)11-9-15/h8-11H,3-7,12-14H2,1-2H3,(H,22,26)(H,23,27). The largest absolute Gasteiger partial charge is 0.497 e. The molecular formula is C21H28N4O3. The van der Waals surface area contributed by atoms with Crippen molar-refractivity contribution in [3.05, 3.63) is 47.0 Å². The SMILES string of the molecule is CCCCNC(=O)c1nc(C(=O)NCc2ccc(OC)cc2)n2c1CCCC2. The van der Waals surface area contributed by atoms with Crippen molar-refractivity contribution in [1.29, 1.82) is 0 Å². The number of rotatable bonds is 8. The highest BCUT2D eigenvalue weighted by Crippen LogP contribution is 2.21. The molecule has 3 rings (SSSR count). The zero-order valence-electron chi connectivity index (χ0n) is 16.6. The number of benzene rings is 1. The van der Waals surface area contributed by atoms with Crippen molar-refractivity contribution >= 4 is 11.8 Å². The molecule has 2 amide bonds. The number of carbonyl (C=O) groups excluding carboxylic acids is 2. The summed E-state index contributed by atoms with van der Waals surface area (Å²) < 4.78 is 7.05. The number of hydrogen-bond donors (Lipinski definition) is 2. The minimum atomic E-state index is -0.258. The number of nitrogens with one attached hydrogen (secondary N) is 2. The smallest absolute Gasteiger partial charge is 0.287 e. The van der Waals surface area contributed by atoms with Crippen LogP contribution >= 0.6 is 0 Å². The molecule has 0 bridgehead atoms. The monoisotopic (exact) mass is 384 g/mol. The number of amides is 2. The highest BCUT2D eigenvalue weighted by atomic mass is 16.5. The number of nitrogens with zero attached hydrogens (tertiary/aromatic N) is 2. The summed E-state index contributed by atoms with van der Waals surface area (Å²) in [6.45, 7) is 3.81. The lowest BCUT2D eigenvalue weighted by atomic mass is 10.1. The van der Waals surface area contributed by atoms with Gasteiger partial charge in [0.05, 0.1) is 12.8 Å². The Balaban J connectivity index is 1.72. The normalized spacial score (nSPS) is 12.9. The third kappa shape index (κ3) is 4.52. The molecule has 0 spiro atoms. The molecule has 7 nitrogen and oxygen atoms in total. The molecule has 0 saturated carbocycles. The Hall–Kier alpha value is -2.83. The maximum Gasteiger partial charge on any atom is 0.287 e. The maximum atomic E-state index is 12.8. The molecular weight excluding hydrogens is 356 g/mol. The van der Waals surface area contributed by atoms with Crippen LogP contribution in [0.15, 0.2) is 24.3 Å². The van der Waals surface area contributed by atoms with E-state index in [1.165, 1.54) is 0 Å². The average Bonchev–Trinajstić information content (AvgIpc) is 3.12. The first kappa shape index (κ1) is 19.9. The Morgan fingerprint density at radius 1 is 1.14 bits per heavy atom. The van der Waals surface area contributed by atoms with Crippen molar-refractivity contribution in [3.8, 4) is 5.75 Å². The molecule has 0 radical (unpaired) electrons. The number of imidazole rings is 1. The summed E-state index contributed by atoms with van der Waals surface area (Å²) >= 11 is 0. The predicted octanol–water partition coefficient (Wildman–Crippen LogP) is 2.69. The molecule has 1 aliphatic rings. The number of hydrogen-bond acceptors (Lipinski definition) is 4. The highest BCUT2D eigenvalue weighted by Gasteiger charge is 2.27. The fraction of sp³-hybridized carbons (Fsp3) is 0.476. The zero-order chi connectivity index (χ0) is 19.9. The summed E-state index contributed by atoms with van der Waals surface area (Å²) in [5.41, 5.74) is 2.23. The van der Waals surface area contributed by atoms with Gasteiger partial charge in [-0.25, -0.2) is 4.98 Å². The van der Waals surface area contributed by atoms with Gasteiger partial charge in [-0.15, -0.1) is 0 Å². The van der Waals surface area contributed by atoms with Gasteiger partial charge in [-0.2, -0.15) is 0 Å². The summed E-state index contributed by atoms with van der Waals surface area (Å²) in [5, 5.41) is 5.83. The molecule has 2 heterocycles. The minimum Gasteiger partial charge on any atom is -0.497 e. The van der Waals surface area contributed by atoms with Crippen molar-refractivity contribution in [2.45, 2.75) is 52.1 Å². The van der Waals surface area contributed by atoms with Crippen LogP contribution < -0.4 is 15.4 Å². The van der Waals surface area contributed by atoms with Crippen LogP contribution in [0.25, 0.3) is 0 Å². The van der Waals surface area contributed by atoms with Crippen LogP contribution in [0.5, 0.6) is 5.75 Å². The zero-order valence-corrected chi connectivity index (χ0v) is 16.6. The van der Waals surface area contributed by atoms with E-state index in [4.69, 9.17) is 4.74 Å². The van der Waals surface area contributed by atoms with Gasteiger partial charge in [0.25, 0.3) is 11.8 Å². The van der Waals surface area contributed by atoms with Gasteiger partial charge < -0.3 is 19.9 Å². The van der Waals surface area contributed by atoms with E-state index >= 15 is 0 Å². The van der Waals surface area contributed by atoms with Crippen LogP contribution in [-0.4, -0.2) is 35.0 Å². The van der Waals surface area contributed by atoms with E-state index in [1.54, 1.807) is 7.11 Å². The Labute approximate surface area is 165 Å². The van der Waals surface area contributed by atoms with Crippen LogP contribution in [0.4, 0.5) is 0 Å². The topological polar surface area (TPSA) is 85.2 Å². The molecule has 28 heavy (non-hydrogen) atoms. The Morgan fingerprint density at radius 2 is 1.93 bits per heavy atom.